The van der Waals surface area contributed by atoms with Crippen LogP contribution < -0.4 is 10.1 Å². The summed E-state index contributed by atoms with van der Waals surface area (Å²) in [7, 11) is 0. The summed E-state index contributed by atoms with van der Waals surface area (Å²) in [6, 6.07) is 6.11. The van der Waals surface area contributed by atoms with Gasteiger partial charge in [-0.15, -0.1) is 0 Å². The van der Waals surface area contributed by atoms with Gasteiger partial charge in [0, 0.05) is 19.3 Å². The minimum Gasteiger partial charge on any atom is -0.457 e. The van der Waals surface area contributed by atoms with Crippen LogP contribution in [0.15, 0.2) is 18.2 Å². The van der Waals surface area contributed by atoms with Crippen LogP contribution in [-0.2, 0) is 26.2 Å². The van der Waals surface area contributed by atoms with Crippen LogP contribution in [0.25, 0.3) is 0 Å². The van der Waals surface area contributed by atoms with Gasteiger partial charge in [-0.2, -0.15) is 0 Å². The third kappa shape index (κ3) is 2.40. The number of benzene rings is 1. The minimum absolute atomic E-state index is 0.150. The lowest BCUT2D eigenvalue weighted by Crippen LogP contribution is -2.73. The van der Waals surface area contributed by atoms with Crippen LogP contribution in [0.5, 0.6) is 5.75 Å². The van der Waals surface area contributed by atoms with E-state index in [1.165, 1.54) is 25.0 Å². The summed E-state index contributed by atoms with van der Waals surface area (Å²) in [4.78, 5) is 23.4. The Bertz CT molecular complexity index is 726. The van der Waals surface area contributed by atoms with Crippen LogP contribution in [0.3, 0.4) is 0 Å². The predicted molar refractivity (Wildman–Crippen MR) is 92.5 cm³/mol. The van der Waals surface area contributed by atoms with Crippen molar-refractivity contribution in [3.63, 3.8) is 0 Å². The number of ether oxygens (including phenoxy) is 2. The fourth-order valence-electron chi connectivity index (χ4n) is 5.57. The monoisotopic (exact) mass is 343 g/mol. The maximum absolute atomic E-state index is 12.0. The van der Waals surface area contributed by atoms with Gasteiger partial charge in [0.2, 0.25) is 0 Å². The summed E-state index contributed by atoms with van der Waals surface area (Å²) >= 11 is 0. The standard InChI is InChI=1S/C20H25NO4/c1-13(22)24-16-6-5-15-11-18-20(25-14(2)23)8-4-3-7-19(20,9-10-21-18)17(15)12-16/h5-6,12,18,21H,3-4,7-11H2,1-2H3/t18-,19+,20-/m1/s1. The molecule has 0 aromatic heterocycles. The van der Waals surface area contributed by atoms with Gasteiger partial charge in [0.1, 0.15) is 11.4 Å². The van der Waals surface area contributed by atoms with Crippen molar-refractivity contribution in [2.75, 3.05) is 6.54 Å². The average molecular weight is 343 g/mol. The lowest BCUT2D eigenvalue weighted by Gasteiger charge is -2.62. The zero-order chi connectivity index (χ0) is 17.7. The molecule has 2 fully saturated rings. The molecule has 5 nitrogen and oxygen atoms in total. The Hall–Kier alpha value is -1.88. The Balaban J connectivity index is 1.88. The Morgan fingerprint density at radius 1 is 1.12 bits per heavy atom. The molecule has 25 heavy (non-hydrogen) atoms. The van der Waals surface area contributed by atoms with Crippen molar-refractivity contribution in [3.8, 4) is 5.75 Å². The third-order valence-electron chi connectivity index (χ3n) is 6.33. The van der Waals surface area contributed by atoms with Crippen LogP contribution in [0.2, 0.25) is 0 Å². The molecule has 1 heterocycles. The zero-order valence-electron chi connectivity index (χ0n) is 14.9. The van der Waals surface area contributed by atoms with Crippen LogP contribution in [-0.4, -0.2) is 30.1 Å². The highest BCUT2D eigenvalue weighted by Gasteiger charge is 2.64. The lowest BCUT2D eigenvalue weighted by molar-refractivity contribution is -0.188. The van der Waals surface area contributed by atoms with Crippen molar-refractivity contribution in [2.24, 2.45) is 0 Å². The first kappa shape index (κ1) is 16.6. The van der Waals surface area contributed by atoms with Gasteiger partial charge in [-0.3, -0.25) is 9.59 Å². The van der Waals surface area contributed by atoms with E-state index >= 15 is 0 Å². The molecule has 1 aliphatic heterocycles. The fraction of sp³-hybridized carbons (Fsp3) is 0.600. The summed E-state index contributed by atoms with van der Waals surface area (Å²) in [5.74, 6) is 0.0609. The molecule has 1 aromatic rings. The fourth-order valence-corrected chi connectivity index (χ4v) is 5.57. The first-order valence-corrected chi connectivity index (χ1v) is 9.22. The van der Waals surface area contributed by atoms with Crippen LogP contribution in [0.1, 0.15) is 57.1 Å². The highest BCUT2D eigenvalue weighted by molar-refractivity contribution is 5.70. The predicted octanol–water partition coefficient (Wildman–Crippen LogP) is 2.64. The van der Waals surface area contributed by atoms with Crippen molar-refractivity contribution in [1.29, 1.82) is 0 Å². The van der Waals surface area contributed by atoms with E-state index in [0.717, 1.165) is 45.1 Å². The molecule has 1 aromatic carbocycles. The van der Waals surface area contributed by atoms with E-state index in [4.69, 9.17) is 9.47 Å². The molecule has 2 aliphatic carbocycles. The first-order valence-electron chi connectivity index (χ1n) is 9.22. The number of carbonyl (C=O) groups excluding carboxylic acids is 2. The Kier molecular flexibility index (Phi) is 3.87. The van der Waals surface area contributed by atoms with E-state index in [1.54, 1.807) is 0 Å². The molecule has 4 rings (SSSR count). The van der Waals surface area contributed by atoms with Gasteiger partial charge in [-0.1, -0.05) is 12.5 Å². The lowest BCUT2D eigenvalue weighted by atomic mass is 9.50. The quantitative estimate of drug-likeness (QED) is 0.661. The molecule has 3 aliphatic rings. The van der Waals surface area contributed by atoms with E-state index in [1.807, 2.05) is 12.1 Å². The van der Waals surface area contributed by atoms with E-state index in [-0.39, 0.29) is 23.4 Å². The van der Waals surface area contributed by atoms with Crippen molar-refractivity contribution in [3.05, 3.63) is 29.3 Å². The highest BCUT2D eigenvalue weighted by Crippen LogP contribution is 2.58. The first-order chi connectivity index (χ1) is 12.0. The highest BCUT2D eigenvalue weighted by atomic mass is 16.6. The van der Waals surface area contributed by atoms with E-state index in [9.17, 15) is 9.59 Å². The molecule has 1 saturated heterocycles. The normalized spacial score (nSPS) is 33.0. The van der Waals surface area contributed by atoms with Crippen LogP contribution in [0, 0.1) is 0 Å². The minimum atomic E-state index is -0.489. The summed E-state index contributed by atoms with van der Waals surface area (Å²) in [6.07, 6.45) is 5.88. The van der Waals surface area contributed by atoms with E-state index < -0.39 is 5.60 Å². The summed E-state index contributed by atoms with van der Waals surface area (Å²) in [5.41, 5.74) is 1.82. The molecule has 0 amide bonds. The number of rotatable bonds is 2. The second-order valence-corrected chi connectivity index (χ2v) is 7.65. The van der Waals surface area contributed by atoms with Gasteiger partial charge in [0.05, 0.1) is 6.04 Å². The van der Waals surface area contributed by atoms with E-state index in [2.05, 4.69) is 11.4 Å². The zero-order valence-corrected chi connectivity index (χ0v) is 14.9. The largest absolute Gasteiger partial charge is 0.457 e. The Labute approximate surface area is 148 Å². The molecule has 1 saturated carbocycles. The van der Waals surface area contributed by atoms with Gasteiger partial charge in [-0.25, -0.2) is 0 Å². The van der Waals surface area contributed by atoms with Gasteiger partial charge >= 0.3 is 11.9 Å². The number of carbonyl (C=O) groups is 2. The Morgan fingerprint density at radius 2 is 1.92 bits per heavy atom. The molecule has 0 spiro atoms. The topological polar surface area (TPSA) is 64.6 Å². The van der Waals surface area contributed by atoms with Gasteiger partial charge in [-0.05, 0) is 61.9 Å². The maximum atomic E-state index is 12.0. The molecule has 3 atom stereocenters. The molecule has 1 N–H and O–H groups in total. The molecule has 0 unspecified atom stereocenters. The number of fused-ring (bicyclic) bond motifs is 1. The number of piperidine rings is 1. The molecular weight excluding hydrogens is 318 g/mol. The third-order valence-corrected chi connectivity index (χ3v) is 6.33. The van der Waals surface area contributed by atoms with Crippen molar-refractivity contribution >= 4 is 11.9 Å². The SMILES string of the molecule is CC(=O)Oc1ccc2c(c1)[C@@]13CCCC[C@@]1(OC(C)=O)[C@@H](C2)NCC3. The number of nitrogens with one attached hydrogen (secondary N) is 1. The van der Waals surface area contributed by atoms with Crippen molar-refractivity contribution in [1.82, 2.24) is 5.32 Å². The summed E-state index contributed by atoms with van der Waals surface area (Å²) in [6.45, 7) is 3.85. The number of hydrogen-bond donors (Lipinski definition) is 1. The maximum Gasteiger partial charge on any atom is 0.308 e. The van der Waals surface area contributed by atoms with Crippen molar-refractivity contribution < 1.29 is 19.1 Å². The average Bonchev–Trinajstić information content (AvgIpc) is 2.54. The molecular formula is C20H25NO4. The molecule has 0 radical (unpaired) electrons. The van der Waals surface area contributed by atoms with Gasteiger partial charge in [0.15, 0.2) is 0 Å². The van der Waals surface area contributed by atoms with Gasteiger partial charge in [0.25, 0.3) is 0 Å². The Morgan fingerprint density at radius 3 is 2.68 bits per heavy atom. The smallest absolute Gasteiger partial charge is 0.308 e. The summed E-state index contributed by atoms with van der Waals surface area (Å²) in [5, 5.41) is 3.62. The molecule has 5 heteroatoms. The number of hydrogen-bond acceptors (Lipinski definition) is 5. The van der Waals surface area contributed by atoms with Crippen LogP contribution >= 0.6 is 0 Å². The second-order valence-electron chi connectivity index (χ2n) is 7.65. The van der Waals surface area contributed by atoms with E-state index in [0.29, 0.717) is 5.75 Å². The number of esters is 2. The van der Waals surface area contributed by atoms with Crippen molar-refractivity contribution in [2.45, 2.75) is 69.4 Å². The summed E-state index contributed by atoms with van der Waals surface area (Å²) < 4.78 is 11.5. The molecule has 2 bridgehead atoms. The molecule has 134 valence electrons. The van der Waals surface area contributed by atoms with Gasteiger partial charge < -0.3 is 14.8 Å². The van der Waals surface area contributed by atoms with Crippen LogP contribution in [0.4, 0.5) is 0 Å². The second kappa shape index (κ2) is 5.84.